The van der Waals surface area contributed by atoms with E-state index in [0.29, 0.717) is 33.6 Å². The van der Waals surface area contributed by atoms with Crippen molar-refractivity contribution in [2.75, 3.05) is 35.0 Å². The summed E-state index contributed by atoms with van der Waals surface area (Å²) in [6.45, 7) is 3.69. The summed E-state index contributed by atoms with van der Waals surface area (Å²) in [6, 6.07) is 8.53. The number of rotatable bonds is 9. The van der Waals surface area contributed by atoms with Gasteiger partial charge in [-0.25, -0.2) is 4.98 Å². The number of fused-ring (bicyclic) bond motifs is 1. The van der Waals surface area contributed by atoms with Gasteiger partial charge in [0.2, 0.25) is 5.75 Å². The van der Waals surface area contributed by atoms with E-state index >= 15 is 0 Å². The van der Waals surface area contributed by atoms with Crippen LogP contribution in [0.3, 0.4) is 0 Å². The molecule has 0 N–H and O–H groups in total. The molecule has 1 aromatic heterocycles. The fourth-order valence-corrected chi connectivity index (χ4v) is 4.19. The van der Waals surface area contributed by atoms with Gasteiger partial charge in [-0.15, -0.1) is 0 Å². The summed E-state index contributed by atoms with van der Waals surface area (Å²) in [5, 5.41) is -0.0397. The Bertz CT molecular complexity index is 1210. The fourth-order valence-electron chi connectivity index (χ4n) is 3.27. The van der Waals surface area contributed by atoms with Gasteiger partial charge in [-0.1, -0.05) is 11.8 Å². The number of hydrogen-bond donors (Lipinski definition) is 0. The van der Waals surface area contributed by atoms with E-state index in [0.717, 1.165) is 11.8 Å². The minimum absolute atomic E-state index is 0.255. The predicted molar refractivity (Wildman–Crippen MR) is 126 cm³/mol. The average Bonchev–Trinajstić information content (AvgIpc) is 2.83. The van der Waals surface area contributed by atoms with E-state index in [-0.39, 0.29) is 23.3 Å². The Kier molecular flexibility index (Phi) is 7.70. The lowest BCUT2D eigenvalue weighted by Crippen LogP contribution is -2.24. The van der Waals surface area contributed by atoms with Crippen molar-refractivity contribution < 1.29 is 28.5 Å². The zero-order valence-corrected chi connectivity index (χ0v) is 20.1. The minimum atomic E-state index is -0.607. The molecule has 9 nitrogen and oxygen atoms in total. The van der Waals surface area contributed by atoms with Crippen molar-refractivity contribution in [3.63, 3.8) is 0 Å². The number of methoxy groups -OCH3 is 4. The van der Waals surface area contributed by atoms with Gasteiger partial charge < -0.3 is 23.7 Å². The van der Waals surface area contributed by atoms with Gasteiger partial charge in [0, 0.05) is 0 Å². The highest BCUT2D eigenvalue weighted by Crippen LogP contribution is 2.42. The van der Waals surface area contributed by atoms with Crippen molar-refractivity contribution in [2.24, 2.45) is 0 Å². The van der Waals surface area contributed by atoms with Crippen molar-refractivity contribution in [3.05, 3.63) is 40.7 Å². The molecule has 1 atom stereocenters. The fraction of sp³-hybridized carbons (Fsp3) is 0.348. The summed E-state index contributed by atoms with van der Waals surface area (Å²) in [4.78, 5) is 30.7. The molecular formula is C23H26N2O7S. The molecule has 0 saturated carbocycles. The number of carbonyl (C=O) groups is 1. The summed E-state index contributed by atoms with van der Waals surface area (Å²) in [6.07, 6.45) is 0. The maximum atomic E-state index is 13.7. The van der Waals surface area contributed by atoms with Gasteiger partial charge in [0.1, 0.15) is 16.5 Å². The third kappa shape index (κ3) is 4.70. The van der Waals surface area contributed by atoms with E-state index in [4.69, 9.17) is 28.7 Å². The zero-order chi connectivity index (χ0) is 24.1. The van der Waals surface area contributed by atoms with Gasteiger partial charge >= 0.3 is 5.97 Å². The van der Waals surface area contributed by atoms with Crippen LogP contribution in [0.4, 0.5) is 0 Å². The number of hydrogen-bond acceptors (Lipinski definition) is 9. The molecule has 0 aliphatic heterocycles. The lowest BCUT2D eigenvalue weighted by molar-refractivity contribution is -0.142. The SMILES string of the molecule is CCOC(=O)[C@@H](C)Sc1nc2c(OC)c(OC)c(OC)cc2c(=O)n1-c1ccc(OC)cc1. The van der Waals surface area contributed by atoms with Crippen LogP contribution >= 0.6 is 11.8 Å². The summed E-state index contributed by atoms with van der Waals surface area (Å²) in [5.74, 6) is 1.15. The maximum absolute atomic E-state index is 13.7. The van der Waals surface area contributed by atoms with Crippen LogP contribution in [0.1, 0.15) is 13.8 Å². The van der Waals surface area contributed by atoms with Crippen LogP contribution in [0, 0.1) is 0 Å². The summed E-state index contributed by atoms with van der Waals surface area (Å²) < 4.78 is 28.2. The molecule has 0 radical (unpaired) electrons. The number of ether oxygens (including phenoxy) is 5. The standard InChI is InChI=1S/C23H26N2O7S/c1-7-32-22(27)13(2)33-23-24-18-16(12-17(29-4)19(30-5)20(18)31-6)21(26)25(23)14-8-10-15(28-3)11-9-14/h8-13H,7H2,1-6H3/t13-/m1/s1. The van der Waals surface area contributed by atoms with Crippen LogP contribution < -0.4 is 24.5 Å². The van der Waals surface area contributed by atoms with Crippen molar-refractivity contribution >= 4 is 28.6 Å². The first-order valence-electron chi connectivity index (χ1n) is 10.1. The third-order valence-corrected chi connectivity index (χ3v) is 5.90. The quantitative estimate of drug-likeness (QED) is 0.262. The van der Waals surface area contributed by atoms with Crippen LogP contribution in [-0.2, 0) is 9.53 Å². The molecule has 1 heterocycles. The van der Waals surface area contributed by atoms with Gasteiger partial charge in [0.25, 0.3) is 5.56 Å². The Balaban J connectivity index is 2.33. The number of benzene rings is 2. The van der Waals surface area contributed by atoms with Crippen molar-refractivity contribution in [2.45, 2.75) is 24.3 Å². The molecule has 3 rings (SSSR count). The van der Waals surface area contributed by atoms with E-state index in [1.807, 2.05) is 0 Å². The lowest BCUT2D eigenvalue weighted by Gasteiger charge is -2.18. The number of esters is 1. The monoisotopic (exact) mass is 474 g/mol. The van der Waals surface area contributed by atoms with Crippen molar-refractivity contribution in [1.82, 2.24) is 9.55 Å². The molecule has 0 saturated heterocycles. The molecule has 2 aromatic carbocycles. The Hall–Kier alpha value is -3.40. The molecule has 33 heavy (non-hydrogen) atoms. The molecular weight excluding hydrogens is 448 g/mol. The molecule has 176 valence electrons. The smallest absolute Gasteiger partial charge is 0.319 e. The normalized spacial score (nSPS) is 11.7. The number of carbonyl (C=O) groups excluding carboxylic acids is 1. The third-order valence-electron chi connectivity index (χ3n) is 4.87. The predicted octanol–water partition coefficient (Wildman–Crippen LogP) is 3.46. The molecule has 3 aromatic rings. The topological polar surface area (TPSA) is 98.1 Å². The second-order valence-electron chi connectivity index (χ2n) is 6.79. The van der Waals surface area contributed by atoms with Gasteiger partial charge in [-0.2, -0.15) is 0 Å². The van der Waals surface area contributed by atoms with Crippen LogP contribution in [0.5, 0.6) is 23.0 Å². The Morgan fingerprint density at radius 1 is 1.03 bits per heavy atom. The molecule has 0 aliphatic rings. The summed E-state index contributed by atoms with van der Waals surface area (Å²) >= 11 is 1.11. The van der Waals surface area contributed by atoms with E-state index < -0.39 is 11.2 Å². The average molecular weight is 475 g/mol. The Morgan fingerprint density at radius 2 is 1.70 bits per heavy atom. The van der Waals surface area contributed by atoms with E-state index in [9.17, 15) is 9.59 Å². The van der Waals surface area contributed by atoms with Crippen LogP contribution in [-0.4, -0.2) is 55.8 Å². The van der Waals surface area contributed by atoms with Gasteiger partial charge in [-0.05, 0) is 44.2 Å². The Morgan fingerprint density at radius 3 is 2.24 bits per heavy atom. The first-order chi connectivity index (χ1) is 15.9. The number of thioether (sulfide) groups is 1. The van der Waals surface area contributed by atoms with E-state index in [2.05, 4.69) is 0 Å². The second kappa shape index (κ2) is 10.5. The maximum Gasteiger partial charge on any atom is 0.319 e. The first kappa shape index (κ1) is 24.2. The first-order valence-corrected chi connectivity index (χ1v) is 11.0. The molecule has 0 aliphatic carbocycles. The number of nitrogens with zero attached hydrogens (tertiary/aromatic N) is 2. The number of aromatic nitrogens is 2. The lowest BCUT2D eigenvalue weighted by atomic mass is 10.2. The highest BCUT2D eigenvalue weighted by atomic mass is 32.2. The van der Waals surface area contributed by atoms with E-state index in [1.165, 1.54) is 25.9 Å². The van der Waals surface area contributed by atoms with Crippen molar-refractivity contribution in [3.8, 4) is 28.7 Å². The Labute approximate surface area is 195 Å². The van der Waals surface area contributed by atoms with Crippen LogP contribution in [0.25, 0.3) is 16.6 Å². The zero-order valence-electron chi connectivity index (χ0n) is 19.3. The highest BCUT2D eigenvalue weighted by molar-refractivity contribution is 8.00. The molecule has 0 fully saturated rings. The molecule has 0 bridgehead atoms. The summed E-state index contributed by atoms with van der Waals surface area (Å²) in [7, 11) is 5.97. The molecule has 0 unspecified atom stereocenters. The summed E-state index contributed by atoms with van der Waals surface area (Å²) in [5.41, 5.74) is 0.494. The van der Waals surface area contributed by atoms with Crippen LogP contribution in [0.2, 0.25) is 0 Å². The van der Waals surface area contributed by atoms with E-state index in [1.54, 1.807) is 51.3 Å². The van der Waals surface area contributed by atoms with Gasteiger partial charge in [0.15, 0.2) is 16.7 Å². The van der Waals surface area contributed by atoms with Gasteiger partial charge in [-0.3, -0.25) is 14.2 Å². The molecule has 0 spiro atoms. The molecule has 10 heteroatoms. The van der Waals surface area contributed by atoms with Crippen molar-refractivity contribution in [1.29, 1.82) is 0 Å². The highest BCUT2D eigenvalue weighted by Gasteiger charge is 2.25. The van der Waals surface area contributed by atoms with Crippen LogP contribution in [0.15, 0.2) is 40.3 Å². The molecule has 0 amide bonds. The van der Waals surface area contributed by atoms with Gasteiger partial charge in [0.05, 0.1) is 46.1 Å². The minimum Gasteiger partial charge on any atom is -0.497 e. The largest absolute Gasteiger partial charge is 0.497 e. The second-order valence-corrected chi connectivity index (χ2v) is 8.09.